The van der Waals surface area contributed by atoms with E-state index in [0.717, 1.165) is 5.56 Å². The Hall–Kier alpha value is -3.06. The van der Waals surface area contributed by atoms with Gasteiger partial charge in [0.1, 0.15) is 5.75 Å². The molecule has 0 spiro atoms. The normalized spacial score (nSPS) is 11.3. The van der Waals surface area contributed by atoms with Crippen molar-refractivity contribution in [2.75, 3.05) is 5.32 Å². The molecule has 29 heavy (non-hydrogen) atoms. The van der Waals surface area contributed by atoms with Gasteiger partial charge in [0.05, 0.1) is 10.7 Å². The van der Waals surface area contributed by atoms with Gasteiger partial charge in [-0.25, -0.2) is 0 Å². The zero-order valence-corrected chi connectivity index (χ0v) is 17.1. The maximum Gasteiger partial charge on any atom is 0.279 e. The average molecular weight is 418 g/mol. The molecule has 0 aliphatic heterocycles. The lowest BCUT2D eigenvalue weighted by Gasteiger charge is -2.18. The number of hydrogen-bond acceptors (Lipinski definition) is 4. The first-order valence-electron chi connectivity index (χ1n) is 9.26. The van der Waals surface area contributed by atoms with E-state index < -0.39 is 17.9 Å². The van der Waals surface area contributed by atoms with Gasteiger partial charge in [0.25, 0.3) is 5.91 Å². The molecule has 3 N–H and O–H groups in total. The van der Waals surface area contributed by atoms with Crippen molar-refractivity contribution in [2.24, 2.45) is 0 Å². The number of benzene rings is 2. The van der Waals surface area contributed by atoms with E-state index in [1.165, 1.54) is 0 Å². The van der Waals surface area contributed by atoms with E-state index in [1.54, 1.807) is 30.3 Å². The highest BCUT2D eigenvalue weighted by Gasteiger charge is 2.19. The molecule has 8 heteroatoms. The van der Waals surface area contributed by atoms with Crippen molar-refractivity contribution in [1.82, 2.24) is 10.9 Å². The standard InChI is InChI=1S/C21H24ClN3O4/c1-3-17(29-18-11-7-4-8-14(18)2)21(28)25-24-20(27)13-12-19(26)23-16-10-6-5-9-15(16)22/h4-11,17H,3,12-13H2,1-2H3,(H,23,26)(H,24,27)(H,25,28). The van der Waals surface area contributed by atoms with E-state index in [2.05, 4.69) is 16.2 Å². The van der Waals surface area contributed by atoms with Crippen LogP contribution in [-0.2, 0) is 14.4 Å². The smallest absolute Gasteiger partial charge is 0.279 e. The molecule has 3 amide bonds. The molecule has 0 bridgehead atoms. The quantitative estimate of drug-likeness (QED) is 0.573. The third-order valence-electron chi connectivity index (χ3n) is 4.08. The molecule has 0 saturated carbocycles. The fourth-order valence-electron chi connectivity index (χ4n) is 2.44. The molecule has 0 aliphatic rings. The molecule has 0 heterocycles. The number of anilines is 1. The first-order chi connectivity index (χ1) is 13.9. The van der Waals surface area contributed by atoms with Crippen LogP contribution in [0.3, 0.4) is 0 Å². The molecule has 2 aromatic rings. The Kier molecular flexibility index (Phi) is 8.48. The van der Waals surface area contributed by atoms with E-state index in [1.807, 2.05) is 32.0 Å². The van der Waals surface area contributed by atoms with Crippen LogP contribution in [-0.4, -0.2) is 23.8 Å². The first-order valence-corrected chi connectivity index (χ1v) is 9.63. The van der Waals surface area contributed by atoms with Gasteiger partial charge in [-0.15, -0.1) is 0 Å². The molecule has 0 saturated heterocycles. The summed E-state index contributed by atoms with van der Waals surface area (Å²) in [5.41, 5.74) is 6.03. The number of hydrazine groups is 1. The van der Waals surface area contributed by atoms with E-state index in [4.69, 9.17) is 16.3 Å². The summed E-state index contributed by atoms with van der Waals surface area (Å²) in [5, 5.41) is 3.05. The minimum Gasteiger partial charge on any atom is -0.480 e. The summed E-state index contributed by atoms with van der Waals surface area (Å²) in [6.07, 6.45) is -0.466. The third kappa shape index (κ3) is 7.12. The molecule has 0 fully saturated rings. The number of amides is 3. The second-order valence-corrected chi connectivity index (χ2v) is 6.75. The highest BCUT2D eigenvalue weighted by molar-refractivity contribution is 6.33. The van der Waals surface area contributed by atoms with Crippen molar-refractivity contribution in [1.29, 1.82) is 0 Å². The lowest BCUT2D eigenvalue weighted by molar-refractivity contribution is -0.133. The van der Waals surface area contributed by atoms with Crippen LogP contribution in [0.1, 0.15) is 31.7 Å². The Morgan fingerprint density at radius 3 is 2.31 bits per heavy atom. The van der Waals surface area contributed by atoms with E-state index in [-0.39, 0.29) is 18.7 Å². The number of para-hydroxylation sites is 2. The van der Waals surface area contributed by atoms with Gasteiger partial charge in [0.15, 0.2) is 6.10 Å². The highest BCUT2D eigenvalue weighted by atomic mass is 35.5. The third-order valence-corrected chi connectivity index (χ3v) is 4.41. The van der Waals surface area contributed by atoms with Crippen LogP contribution in [0, 0.1) is 6.92 Å². The van der Waals surface area contributed by atoms with Crippen LogP contribution >= 0.6 is 11.6 Å². The van der Waals surface area contributed by atoms with Gasteiger partial charge in [-0.1, -0.05) is 48.9 Å². The SMILES string of the molecule is CCC(Oc1ccccc1C)C(=O)NNC(=O)CCC(=O)Nc1ccccc1Cl. The summed E-state index contributed by atoms with van der Waals surface area (Å²) in [6, 6.07) is 14.2. The number of nitrogens with one attached hydrogen (secondary N) is 3. The van der Waals surface area contributed by atoms with Crippen LogP contribution in [0.5, 0.6) is 5.75 Å². The number of aryl methyl sites for hydroxylation is 1. The molecule has 154 valence electrons. The van der Waals surface area contributed by atoms with Gasteiger partial charge in [-0.05, 0) is 37.1 Å². The Balaban J connectivity index is 1.75. The lowest BCUT2D eigenvalue weighted by atomic mass is 10.2. The Labute approximate surface area is 174 Å². The lowest BCUT2D eigenvalue weighted by Crippen LogP contribution is -2.48. The molecule has 2 rings (SSSR count). The van der Waals surface area contributed by atoms with Crippen LogP contribution < -0.4 is 20.9 Å². The molecule has 7 nitrogen and oxygen atoms in total. The van der Waals surface area contributed by atoms with Gasteiger partial charge in [-0.3, -0.25) is 25.2 Å². The van der Waals surface area contributed by atoms with Crippen molar-refractivity contribution in [3.63, 3.8) is 0 Å². The van der Waals surface area contributed by atoms with E-state index >= 15 is 0 Å². The molecule has 1 unspecified atom stereocenters. The van der Waals surface area contributed by atoms with Crippen molar-refractivity contribution < 1.29 is 19.1 Å². The summed E-state index contributed by atoms with van der Waals surface area (Å²) in [4.78, 5) is 36.1. The fraction of sp³-hybridized carbons (Fsp3) is 0.286. The van der Waals surface area contributed by atoms with Crippen LogP contribution in [0.15, 0.2) is 48.5 Å². The number of carbonyl (C=O) groups excluding carboxylic acids is 3. The van der Waals surface area contributed by atoms with E-state index in [9.17, 15) is 14.4 Å². The summed E-state index contributed by atoms with van der Waals surface area (Å²) in [7, 11) is 0. The molecular weight excluding hydrogens is 394 g/mol. The van der Waals surface area contributed by atoms with Crippen molar-refractivity contribution in [2.45, 2.75) is 39.2 Å². The molecule has 0 aliphatic carbocycles. The number of carbonyl (C=O) groups is 3. The van der Waals surface area contributed by atoms with Crippen LogP contribution in [0.4, 0.5) is 5.69 Å². The minimum atomic E-state index is -0.750. The van der Waals surface area contributed by atoms with Crippen molar-refractivity contribution in [3.05, 3.63) is 59.1 Å². The Morgan fingerprint density at radius 2 is 1.62 bits per heavy atom. The molecule has 0 aromatic heterocycles. The number of halogens is 1. The van der Waals surface area contributed by atoms with Gasteiger partial charge in [0, 0.05) is 12.8 Å². The molecule has 2 aromatic carbocycles. The average Bonchev–Trinajstić information content (AvgIpc) is 2.71. The highest BCUT2D eigenvalue weighted by Crippen LogP contribution is 2.20. The van der Waals surface area contributed by atoms with Crippen LogP contribution in [0.2, 0.25) is 5.02 Å². The first kappa shape index (κ1) is 22.2. The van der Waals surface area contributed by atoms with Crippen molar-refractivity contribution >= 4 is 35.0 Å². The second-order valence-electron chi connectivity index (χ2n) is 6.35. The number of ether oxygens (including phenoxy) is 1. The molecule has 1 atom stereocenters. The monoisotopic (exact) mass is 417 g/mol. The minimum absolute atomic E-state index is 0.0517. The zero-order chi connectivity index (χ0) is 21.2. The van der Waals surface area contributed by atoms with E-state index in [0.29, 0.717) is 22.9 Å². The van der Waals surface area contributed by atoms with Crippen LogP contribution in [0.25, 0.3) is 0 Å². The van der Waals surface area contributed by atoms with Gasteiger partial charge in [-0.2, -0.15) is 0 Å². The predicted molar refractivity (Wildman–Crippen MR) is 111 cm³/mol. The summed E-state index contributed by atoms with van der Waals surface area (Å²) >= 11 is 5.97. The molecular formula is C21H24ClN3O4. The second kappa shape index (κ2) is 11.1. The van der Waals surface area contributed by atoms with Crippen molar-refractivity contribution in [3.8, 4) is 5.75 Å². The fourth-order valence-corrected chi connectivity index (χ4v) is 2.62. The maximum absolute atomic E-state index is 12.3. The number of hydrogen-bond donors (Lipinski definition) is 3. The Morgan fingerprint density at radius 1 is 0.966 bits per heavy atom. The summed E-state index contributed by atoms with van der Waals surface area (Å²) in [6.45, 7) is 3.69. The summed E-state index contributed by atoms with van der Waals surface area (Å²) < 4.78 is 5.72. The summed E-state index contributed by atoms with van der Waals surface area (Å²) in [5.74, 6) is -0.700. The molecule has 0 radical (unpaired) electrons. The van der Waals surface area contributed by atoms with Gasteiger partial charge in [0.2, 0.25) is 11.8 Å². The largest absolute Gasteiger partial charge is 0.480 e. The zero-order valence-electron chi connectivity index (χ0n) is 16.3. The Bertz CT molecular complexity index is 873. The predicted octanol–water partition coefficient (Wildman–Crippen LogP) is 3.37. The topological polar surface area (TPSA) is 96.5 Å². The van der Waals surface area contributed by atoms with Gasteiger partial charge < -0.3 is 10.1 Å². The van der Waals surface area contributed by atoms with Gasteiger partial charge >= 0.3 is 0 Å². The number of rotatable bonds is 8. The maximum atomic E-state index is 12.3.